The van der Waals surface area contributed by atoms with E-state index in [9.17, 15) is 4.79 Å². The summed E-state index contributed by atoms with van der Waals surface area (Å²) in [4.78, 5) is 10.7. The SMILES string of the molecule is C=C/C(=C\C)CCNC(=O)CN. The van der Waals surface area contributed by atoms with E-state index in [1.807, 2.05) is 13.0 Å². The fourth-order valence-corrected chi connectivity index (χ4v) is 0.783. The smallest absolute Gasteiger partial charge is 0.233 e. The molecule has 0 saturated carbocycles. The Hall–Kier alpha value is -1.09. The molecule has 0 aromatic heterocycles. The van der Waals surface area contributed by atoms with Crippen LogP contribution in [0.3, 0.4) is 0 Å². The van der Waals surface area contributed by atoms with Gasteiger partial charge in [0.25, 0.3) is 0 Å². The van der Waals surface area contributed by atoms with Crippen LogP contribution < -0.4 is 11.1 Å². The van der Waals surface area contributed by atoms with Gasteiger partial charge >= 0.3 is 0 Å². The monoisotopic (exact) mass is 168 g/mol. The topological polar surface area (TPSA) is 55.1 Å². The van der Waals surface area contributed by atoms with E-state index >= 15 is 0 Å². The van der Waals surface area contributed by atoms with Gasteiger partial charge in [-0.05, 0) is 13.3 Å². The van der Waals surface area contributed by atoms with Crippen LogP contribution in [0.2, 0.25) is 0 Å². The number of nitrogens with one attached hydrogen (secondary N) is 1. The fraction of sp³-hybridized carbons (Fsp3) is 0.444. The number of allylic oxidation sites excluding steroid dienone is 2. The number of carbonyl (C=O) groups is 1. The Morgan fingerprint density at radius 3 is 2.75 bits per heavy atom. The molecule has 0 aliphatic heterocycles. The van der Waals surface area contributed by atoms with Crippen molar-refractivity contribution in [2.24, 2.45) is 5.73 Å². The molecule has 0 fully saturated rings. The second-order valence-electron chi connectivity index (χ2n) is 2.37. The highest BCUT2D eigenvalue weighted by Crippen LogP contribution is 1.99. The van der Waals surface area contributed by atoms with Crippen LogP contribution in [0, 0.1) is 0 Å². The standard InChI is InChI=1S/C9H16N2O/c1-3-8(4-2)5-6-11-9(12)7-10/h3-4H,1,5-7,10H2,2H3,(H,11,12)/b8-4+. The molecule has 0 atom stereocenters. The van der Waals surface area contributed by atoms with E-state index in [0.717, 1.165) is 12.0 Å². The minimum Gasteiger partial charge on any atom is -0.355 e. The minimum absolute atomic E-state index is 0.0548. The van der Waals surface area contributed by atoms with Crippen LogP contribution in [0.5, 0.6) is 0 Å². The molecule has 3 heteroatoms. The van der Waals surface area contributed by atoms with Gasteiger partial charge in [-0.2, -0.15) is 0 Å². The second-order valence-corrected chi connectivity index (χ2v) is 2.37. The maximum absolute atomic E-state index is 10.7. The molecule has 0 unspecified atom stereocenters. The molecule has 0 spiro atoms. The van der Waals surface area contributed by atoms with Crippen molar-refractivity contribution < 1.29 is 4.79 Å². The summed E-state index contributed by atoms with van der Waals surface area (Å²) in [6.07, 6.45) is 4.57. The maximum atomic E-state index is 10.7. The summed E-state index contributed by atoms with van der Waals surface area (Å²) in [5.41, 5.74) is 6.24. The van der Waals surface area contributed by atoms with Gasteiger partial charge in [0.05, 0.1) is 6.54 Å². The van der Waals surface area contributed by atoms with Crippen LogP contribution in [0.4, 0.5) is 0 Å². The molecule has 0 radical (unpaired) electrons. The van der Waals surface area contributed by atoms with E-state index in [2.05, 4.69) is 11.9 Å². The third kappa shape index (κ3) is 4.68. The van der Waals surface area contributed by atoms with Crippen molar-refractivity contribution in [2.45, 2.75) is 13.3 Å². The number of amides is 1. The molecule has 0 rings (SSSR count). The third-order valence-corrected chi connectivity index (χ3v) is 1.55. The Bertz CT molecular complexity index is 185. The Morgan fingerprint density at radius 1 is 1.67 bits per heavy atom. The number of carbonyl (C=O) groups excluding carboxylic acids is 1. The Balaban J connectivity index is 3.55. The van der Waals surface area contributed by atoms with Gasteiger partial charge in [-0.3, -0.25) is 4.79 Å². The summed E-state index contributed by atoms with van der Waals surface area (Å²) in [6, 6.07) is 0. The largest absolute Gasteiger partial charge is 0.355 e. The highest BCUT2D eigenvalue weighted by Gasteiger charge is 1.95. The van der Waals surface area contributed by atoms with Gasteiger partial charge in [-0.25, -0.2) is 0 Å². The Kier molecular flexibility index (Phi) is 6.01. The molecule has 68 valence electrons. The summed E-state index contributed by atoms with van der Waals surface area (Å²) in [5.74, 6) is -0.116. The highest BCUT2D eigenvalue weighted by atomic mass is 16.1. The molecule has 3 N–H and O–H groups in total. The summed E-state index contributed by atoms with van der Waals surface area (Å²) < 4.78 is 0. The molecular formula is C9H16N2O. The van der Waals surface area contributed by atoms with Crippen molar-refractivity contribution >= 4 is 5.91 Å². The summed E-state index contributed by atoms with van der Waals surface area (Å²) >= 11 is 0. The molecular weight excluding hydrogens is 152 g/mol. The number of rotatable bonds is 5. The van der Waals surface area contributed by atoms with Crippen molar-refractivity contribution in [1.82, 2.24) is 5.32 Å². The normalized spacial score (nSPS) is 11.0. The summed E-state index contributed by atoms with van der Waals surface area (Å²) in [6.45, 7) is 6.27. The molecule has 12 heavy (non-hydrogen) atoms. The second kappa shape index (κ2) is 6.61. The van der Waals surface area contributed by atoms with E-state index in [1.54, 1.807) is 6.08 Å². The Labute approximate surface area is 73.3 Å². The van der Waals surface area contributed by atoms with Crippen molar-refractivity contribution in [3.63, 3.8) is 0 Å². The minimum atomic E-state index is -0.116. The molecule has 0 aromatic carbocycles. The van der Waals surface area contributed by atoms with E-state index in [4.69, 9.17) is 5.73 Å². The average molecular weight is 168 g/mol. The zero-order valence-corrected chi connectivity index (χ0v) is 7.47. The van der Waals surface area contributed by atoms with Crippen LogP contribution in [-0.4, -0.2) is 19.0 Å². The van der Waals surface area contributed by atoms with Crippen LogP contribution in [-0.2, 0) is 4.79 Å². The predicted molar refractivity (Wildman–Crippen MR) is 50.6 cm³/mol. The highest BCUT2D eigenvalue weighted by molar-refractivity contribution is 5.77. The lowest BCUT2D eigenvalue weighted by Gasteiger charge is -2.03. The molecule has 0 bridgehead atoms. The van der Waals surface area contributed by atoms with Crippen molar-refractivity contribution in [3.8, 4) is 0 Å². The van der Waals surface area contributed by atoms with Crippen molar-refractivity contribution in [2.75, 3.05) is 13.1 Å². The first kappa shape index (κ1) is 10.9. The lowest BCUT2D eigenvalue weighted by atomic mass is 10.2. The molecule has 0 saturated heterocycles. The van der Waals surface area contributed by atoms with Crippen LogP contribution in [0.25, 0.3) is 0 Å². The first-order chi connectivity index (χ1) is 5.74. The van der Waals surface area contributed by atoms with Crippen LogP contribution in [0.15, 0.2) is 24.3 Å². The van der Waals surface area contributed by atoms with E-state index in [0.29, 0.717) is 6.54 Å². The van der Waals surface area contributed by atoms with E-state index in [-0.39, 0.29) is 12.5 Å². The number of hydrogen-bond acceptors (Lipinski definition) is 2. The molecule has 0 aliphatic rings. The average Bonchev–Trinajstić information content (AvgIpc) is 2.12. The van der Waals surface area contributed by atoms with Gasteiger partial charge in [0, 0.05) is 6.54 Å². The van der Waals surface area contributed by atoms with Gasteiger partial charge in [-0.15, -0.1) is 0 Å². The van der Waals surface area contributed by atoms with Crippen molar-refractivity contribution in [1.29, 1.82) is 0 Å². The first-order valence-corrected chi connectivity index (χ1v) is 3.99. The summed E-state index contributed by atoms with van der Waals surface area (Å²) in [5, 5.41) is 2.68. The maximum Gasteiger partial charge on any atom is 0.233 e. The van der Waals surface area contributed by atoms with Crippen molar-refractivity contribution in [3.05, 3.63) is 24.3 Å². The molecule has 0 aromatic rings. The Morgan fingerprint density at radius 2 is 2.33 bits per heavy atom. The summed E-state index contributed by atoms with van der Waals surface area (Å²) in [7, 11) is 0. The van der Waals surface area contributed by atoms with Gasteiger partial charge in [0.15, 0.2) is 0 Å². The first-order valence-electron chi connectivity index (χ1n) is 3.99. The fourth-order valence-electron chi connectivity index (χ4n) is 0.783. The number of nitrogens with two attached hydrogens (primary N) is 1. The predicted octanol–water partition coefficient (Wildman–Crippen LogP) is 0.584. The zero-order chi connectivity index (χ0) is 9.40. The lowest BCUT2D eigenvalue weighted by Crippen LogP contribution is -2.31. The van der Waals surface area contributed by atoms with Crippen LogP contribution in [0.1, 0.15) is 13.3 Å². The number of hydrogen-bond donors (Lipinski definition) is 2. The van der Waals surface area contributed by atoms with Gasteiger partial charge in [0.1, 0.15) is 0 Å². The van der Waals surface area contributed by atoms with Gasteiger partial charge in [-0.1, -0.05) is 24.3 Å². The quantitative estimate of drug-likeness (QED) is 0.590. The molecule has 1 amide bonds. The molecule has 0 aliphatic carbocycles. The van der Waals surface area contributed by atoms with Gasteiger partial charge in [0.2, 0.25) is 5.91 Å². The van der Waals surface area contributed by atoms with E-state index < -0.39 is 0 Å². The lowest BCUT2D eigenvalue weighted by molar-refractivity contribution is -0.119. The molecule has 3 nitrogen and oxygen atoms in total. The zero-order valence-electron chi connectivity index (χ0n) is 7.47. The van der Waals surface area contributed by atoms with Gasteiger partial charge < -0.3 is 11.1 Å². The molecule has 0 heterocycles. The van der Waals surface area contributed by atoms with Crippen LogP contribution >= 0.6 is 0 Å². The third-order valence-electron chi connectivity index (χ3n) is 1.55. The van der Waals surface area contributed by atoms with E-state index in [1.165, 1.54) is 0 Å².